The van der Waals surface area contributed by atoms with Crippen LogP contribution in [0, 0.1) is 0 Å². The van der Waals surface area contributed by atoms with Gasteiger partial charge in [0.05, 0.1) is 14.2 Å². The molecule has 1 atom stereocenters. The second-order valence-corrected chi connectivity index (χ2v) is 5.26. The van der Waals surface area contributed by atoms with Crippen LogP contribution >= 0.6 is 0 Å². The van der Waals surface area contributed by atoms with Crippen LogP contribution in [0.5, 0.6) is 11.5 Å². The van der Waals surface area contributed by atoms with Crippen molar-refractivity contribution < 1.29 is 14.2 Å². The summed E-state index contributed by atoms with van der Waals surface area (Å²) in [6.07, 6.45) is 3.76. The molecule has 1 unspecified atom stereocenters. The van der Waals surface area contributed by atoms with Crippen LogP contribution in [0.1, 0.15) is 17.2 Å². The summed E-state index contributed by atoms with van der Waals surface area (Å²) in [7, 11) is 3.23. The Morgan fingerprint density at radius 1 is 1.04 bits per heavy atom. The van der Waals surface area contributed by atoms with Gasteiger partial charge in [0.15, 0.2) is 0 Å². The Labute approximate surface area is 141 Å². The minimum absolute atomic E-state index is 0.184. The van der Waals surface area contributed by atoms with Crippen LogP contribution in [0.3, 0.4) is 0 Å². The van der Waals surface area contributed by atoms with Gasteiger partial charge in [-0.1, -0.05) is 30.3 Å². The molecule has 2 aromatic rings. The van der Waals surface area contributed by atoms with Crippen LogP contribution in [0.2, 0.25) is 0 Å². The van der Waals surface area contributed by atoms with E-state index in [1.165, 1.54) is 0 Å². The molecule has 0 saturated heterocycles. The Kier molecular flexibility index (Phi) is 5.01. The number of amidine groups is 1. The third-order valence-corrected chi connectivity index (χ3v) is 3.70. The maximum absolute atomic E-state index is 5.90. The zero-order valence-corrected chi connectivity index (χ0v) is 13.7. The average molecular weight is 324 g/mol. The first-order valence-corrected chi connectivity index (χ1v) is 7.70. The van der Waals surface area contributed by atoms with E-state index >= 15 is 0 Å². The topological polar surface area (TPSA) is 52.1 Å². The third-order valence-electron chi connectivity index (χ3n) is 3.70. The first kappa shape index (κ1) is 15.9. The Morgan fingerprint density at radius 3 is 2.62 bits per heavy atom. The molecule has 124 valence electrons. The number of hydrogen-bond donors (Lipinski definition) is 1. The fourth-order valence-electron chi connectivity index (χ4n) is 2.48. The number of methoxy groups -OCH3 is 2. The van der Waals surface area contributed by atoms with E-state index in [0.717, 1.165) is 22.6 Å². The fourth-order valence-corrected chi connectivity index (χ4v) is 2.48. The van der Waals surface area contributed by atoms with E-state index in [1.807, 2.05) is 60.8 Å². The molecule has 1 N–H and O–H groups in total. The standard InChI is InChI=1S/C19H20N2O3/c1-22-18-9-8-15(24-13-14-6-4-3-5-7-14)12-16(18)17-10-11-20-19(21-17)23-2/h3-12,17H,13H2,1-2H3,(H,20,21). The molecule has 0 spiro atoms. The van der Waals surface area contributed by atoms with E-state index < -0.39 is 0 Å². The summed E-state index contributed by atoms with van der Waals surface area (Å²) in [6, 6.07) is 16.1. The number of ether oxygens (including phenoxy) is 3. The van der Waals surface area contributed by atoms with Gasteiger partial charge in [-0.05, 0) is 29.8 Å². The normalized spacial score (nSPS) is 16.1. The molecule has 5 heteroatoms. The van der Waals surface area contributed by atoms with Crippen molar-refractivity contribution >= 4 is 6.02 Å². The zero-order valence-electron chi connectivity index (χ0n) is 13.7. The summed E-state index contributed by atoms with van der Waals surface area (Å²) in [5.41, 5.74) is 2.05. The largest absolute Gasteiger partial charge is 0.496 e. The lowest BCUT2D eigenvalue weighted by atomic mass is 10.1. The first-order chi connectivity index (χ1) is 11.8. The molecule has 0 bridgehead atoms. The Bertz CT molecular complexity index is 742. The van der Waals surface area contributed by atoms with Crippen LogP contribution in [-0.2, 0) is 11.3 Å². The highest BCUT2D eigenvalue weighted by atomic mass is 16.5. The zero-order chi connectivity index (χ0) is 16.8. The second kappa shape index (κ2) is 7.55. The van der Waals surface area contributed by atoms with E-state index in [2.05, 4.69) is 10.3 Å². The van der Waals surface area contributed by atoms with E-state index in [9.17, 15) is 0 Å². The van der Waals surface area contributed by atoms with Crippen LogP contribution in [0.25, 0.3) is 0 Å². The minimum atomic E-state index is -0.184. The van der Waals surface area contributed by atoms with Crippen LogP contribution in [-0.4, -0.2) is 20.2 Å². The highest BCUT2D eigenvalue weighted by Crippen LogP contribution is 2.33. The number of benzene rings is 2. The van der Waals surface area contributed by atoms with Crippen molar-refractivity contribution in [2.75, 3.05) is 14.2 Å². The lowest BCUT2D eigenvalue weighted by Crippen LogP contribution is -2.23. The molecule has 0 saturated carbocycles. The van der Waals surface area contributed by atoms with Gasteiger partial charge >= 0.3 is 0 Å². The van der Waals surface area contributed by atoms with Crippen molar-refractivity contribution in [2.24, 2.45) is 4.99 Å². The summed E-state index contributed by atoms with van der Waals surface area (Å²) in [5.74, 6) is 1.54. The van der Waals surface area contributed by atoms with Crippen LogP contribution in [0.4, 0.5) is 0 Å². The predicted molar refractivity (Wildman–Crippen MR) is 93.2 cm³/mol. The van der Waals surface area contributed by atoms with Crippen LogP contribution < -0.4 is 14.8 Å². The second-order valence-electron chi connectivity index (χ2n) is 5.26. The van der Waals surface area contributed by atoms with Crippen molar-refractivity contribution in [3.8, 4) is 11.5 Å². The van der Waals surface area contributed by atoms with Gasteiger partial charge in [-0.2, -0.15) is 0 Å². The van der Waals surface area contributed by atoms with Gasteiger partial charge in [0.1, 0.15) is 24.1 Å². The molecular formula is C19H20N2O3. The van der Waals surface area contributed by atoms with Crippen molar-refractivity contribution in [3.63, 3.8) is 0 Å². The molecule has 5 nitrogen and oxygen atoms in total. The smallest absolute Gasteiger partial charge is 0.289 e. The van der Waals surface area contributed by atoms with Gasteiger partial charge in [0, 0.05) is 11.8 Å². The van der Waals surface area contributed by atoms with Crippen molar-refractivity contribution in [3.05, 3.63) is 71.9 Å². The highest BCUT2D eigenvalue weighted by Gasteiger charge is 2.18. The monoisotopic (exact) mass is 324 g/mol. The molecule has 24 heavy (non-hydrogen) atoms. The molecule has 0 radical (unpaired) electrons. The van der Waals surface area contributed by atoms with Gasteiger partial charge < -0.3 is 19.5 Å². The number of rotatable bonds is 5. The Balaban J connectivity index is 1.81. The average Bonchev–Trinajstić information content (AvgIpc) is 2.67. The highest BCUT2D eigenvalue weighted by molar-refractivity contribution is 5.76. The van der Waals surface area contributed by atoms with Gasteiger partial charge in [0.2, 0.25) is 0 Å². The molecule has 1 heterocycles. The summed E-state index contributed by atoms with van der Waals surface area (Å²) >= 11 is 0. The Hall–Kier alpha value is -2.95. The van der Waals surface area contributed by atoms with Crippen molar-refractivity contribution in [1.29, 1.82) is 0 Å². The molecular weight excluding hydrogens is 304 g/mol. The van der Waals surface area contributed by atoms with E-state index in [-0.39, 0.29) is 6.04 Å². The quantitative estimate of drug-likeness (QED) is 0.915. The van der Waals surface area contributed by atoms with E-state index in [1.54, 1.807) is 14.2 Å². The van der Waals surface area contributed by atoms with Gasteiger partial charge in [-0.3, -0.25) is 0 Å². The molecule has 0 fully saturated rings. The molecule has 2 aromatic carbocycles. The van der Waals surface area contributed by atoms with Crippen molar-refractivity contribution in [1.82, 2.24) is 5.32 Å². The summed E-state index contributed by atoms with van der Waals surface area (Å²) in [6.45, 7) is 0.515. The maximum Gasteiger partial charge on any atom is 0.289 e. The van der Waals surface area contributed by atoms with E-state index in [4.69, 9.17) is 14.2 Å². The molecule has 0 aromatic heterocycles. The lowest BCUT2D eigenvalue weighted by molar-refractivity contribution is 0.304. The molecule has 0 amide bonds. The lowest BCUT2D eigenvalue weighted by Gasteiger charge is -2.19. The number of nitrogens with one attached hydrogen (secondary N) is 1. The predicted octanol–water partition coefficient (Wildman–Crippen LogP) is 3.43. The summed E-state index contributed by atoms with van der Waals surface area (Å²) in [5, 5.41) is 2.94. The van der Waals surface area contributed by atoms with Gasteiger partial charge in [-0.15, -0.1) is 0 Å². The number of aliphatic imine (C=N–C) groups is 1. The SMILES string of the molecule is COC1=NC(c2cc(OCc3ccccc3)ccc2OC)C=CN1. The fraction of sp³-hybridized carbons (Fsp3) is 0.211. The summed E-state index contributed by atoms with van der Waals surface area (Å²) < 4.78 is 16.5. The first-order valence-electron chi connectivity index (χ1n) is 7.70. The van der Waals surface area contributed by atoms with Gasteiger partial charge in [-0.25, -0.2) is 4.99 Å². The molecule has 1 aliphatic heterocycles. The summed E-state index contributed by atoms with van der Waals surface area (Å²) in [4.78, 5) is 4.50. The minimum Gasteiger partial charge on any atom is -0.496 e. The molecule has 3 rings (SSSR count). The van der Waals surface area contributed by atoms with Crippen LogP contribution in [0.15, 0.2) is 65.8 Å². The number of nitrogens with zero attached hydrogens (tertiary/aromatic N) is 1. The van der Waals surface area contributed by atoms with E-state index in [0.29, 0.717) is 12.6 Å². The third kappa shape index (κ3) is 3.68. The van der Waals surface area contributed by atoms with Crippen molar-refractivity contribution in [2.45, 2.75) is 12.6 Å². The molecule has 1 aliphatic rings. The molecule has 0 aliphatic carbocycles. The van der Waals surface area contributed by atoms with Gasteiger partial charge in [0.25, 0.3) is 6.02 Å². The maximum atomic E-state index is 5.90. The number of hydrogen-bond acceptors (Lipinski definition) is 5. The Morgan fingerprint density at radius 2 is 1.88 bits per heavy atom.